The molecule has 0 bridgehead atoms. The molecule has 4 nitrogen and oxygen atoms in total. The Labute approximate surface area is 183 Å². The van der Waals surface area contributed by atoms with Gasteiger partial charge >= 0.3 is 51.4 Å². The predicted molar refractivity (Wildman–Crippen MR) is 90.6 cm³/mol. The number of halogens is 1. The van der Waals surface area contributed by atoms with Crippen LogP contribution in [-0.4, -0.2) is 35.9 Å². The third kappa shape index (κ3) is 4.71. The first kappa shape index (κ1) is 20.0. The van der Waals surface area contributed by atoms with Gasteiger partial charge in [0.2, 0.25) is 0 Å². The Balaban J connectivity index is 0.000000706. The van der Waals surface area contributed by atoms with E-state index in [1.165, 1.54) is 0 Å². The molecule has 2 heterocycles. The first-order chi connectivity index (χ1) is 9.77. The SMILES string of the molecule is C[C@@H]1CNCCN1c1nnc(Cl)c2ccccc12.[K+].[S-]S. The maximum atomic E-state index is 6.10. The van der Waals surface area contributed by atoms with E-state index in [9.17, 15) is 0 Å². The van der Waals surface area contributed by atoms with Gasteiger partial charge in [-0.05, 0) is 6.92 Å². The zero-order valence-corrected chi connectivity index (χ0v) is 17.7. The Morgan fingerprint density at radius 3 is 2.62 bits per heavy atom. The van der Waals surface area contributed by atoms with Gasteiger partial charge in [-0.1, -0.05) is 35.9 Å². The fourth-order valence-corrected chi connectivity index (χ4v) is 2.63. The van der Waals surface area contributed by atoms with Crippen molar-refractivity contribution in [3.63, 3.8) is 0 Å². The molecule has 0 unspecified atom stereocenters. The molecule has 0 amide bonds. The molecule has 0 radical (unpaired) electrons. The van der Waals surface area contributed by atoms with Gasteiger partial charge in [-0.3, -0.25) is 0 Å². The Morgan fingerprint density at radius 2 is 1.95 bits per heavy atom. The molecular weight excluding hydrogens is 351 g/mol. The molecule has 1 saturated heterocycles. The second kappa shape index (κ2) is 9.95. The normalized spacial score (nSPS) is 17.7. The van der Waals surface area contributed by atoms with E-state index in [0.29, 0.717) is 11.2 Å². The molecule has 1 aromatic carbocycles. The summed E-state index contributed by atoms with van der Waals surface area (Å²) < 4.78 is 0. The molecule has 108 valence electrons. The maximum Gasteiger partial charge on any atom is 1.00 e. The summed E-state index contributed by atoms with van der Waals surface area (Å²) in [4.78, 5) is 2.29. The van der Waals surface area contributed by atoms with Gasteiger partial charge in [0.15, 0.2) is 11.0 Å². The quantitative estimate of drug-likeness (QED) is 0.307. The van der Waals surface area contributed by atoms with Gasteiger partial charge in [-0.2, -0.15) is 0 Å². The molecular formula is C13H16ClKN4S2. The maximum absolute atomic E-state index is 6.10. The van der Waals surface area contributed by atoms with Crippen LogP contribution in [0.15, 0.2) is 24.3 Å². The fraction of sp³-hybridized carbons (Fsp3) is 0.385. The van der Waals surface area contributed by atoms with Crippen LogP contribution in [0.5, 0.6) is 0 Å². The topological polar surface area (TPSA) is 41.0 Å². The van der Waals surface area contributed by atoms with Gasteiger partial charge in [0.1, 0.15) is 0 Å². The predicted octanol–water partition coefficient (Wildman–Crippen LogP) is -0.537. The number of piperazine rings is 1. The number of anilines is 1. The summed E-state index contributed by atoms with van der Waals surface area (Å²) in [5.74, 6) is 0.934. The van der Waals surface area contributed by atoms with E-state index in [0.717, 1.165) is 36.2 Å². The number of rotatable bonds is 1. The number of aromatic nitrogens is 2. The van der Waals surface area contributed by atoms with Crippen molar-refractivity contribution in [2.24, 2.45) is 0 Å². The van der Waals surface area contributed by atoms with E-state index in [1.54, 1.807) is 0 Å². The first-order valence-electron chi connectivity index (χ1n) is 6.34. The summed E-state index contributed by atoms with van der Waals surface area (Å²) in [7, 11) is 0. The van der Waals surface area contributed by atoms with Crippen molar-refractivity contribution in [2.75, 3.05) is 24.5 Å². The van der Waals surface area contributed by atoms with Crippen LogP contribution >= 0.6 is 23.3 Å². The van der Waals surface area contributed by atoms with Crippen molar-refractivity contribution >= 4 is 51.5 Å². The number of nitrogens with zero attached hydrogens (tertiary/aromatic N) is 3. The van der Waals surface area contributed by atoms with Crippen molar-refractivity contribution in [1.29, 1.82) is 0 Å². The second-order valence-corrected chi connectivity index (χ2v) is 4.96. The molecule has 1 fully saturated rings. The molecule has 0 aliphatic carbocycles. The Morgan fingerprint density at radius 1 is 1.29 bits per heavy atom. The van der Waals surface area contributed by atoms with Crippen molar-refractivity contribution in [1.82, 2.24) is 15.5 Å². The van der Waals surface area contributed by atoms with Crippen molar-refractivity contribution in [3.8, 4) is 0 Å². The number of hydrogen-bond acceptors (Lipinski definition) is 6. The standard InChI is InChI=1S/C13H15ClN4.K.H2S2/c1-9-8-15-6-7-18(9)13-11-5-3-2-4-10(11)12(14)16-17-13;;1-2/h2-5,9,15H,6-8H2,1H3;;1-2H/q;+1;/p-1/t9-;;/m1../s1. The molecule has 3 rings (SSSR count). The van der Waals surface area contributed by atoms with E-state index in [4.69, 9.17) is 11.6 Å². The van der Waals surface area contributed by atoms with Crippen LogP contribution in [0.4, 0.5) is 5.82 Å². The molecule has 1 aliphatic heterocycles. The van der Waals surface area contributed by atoms with E-state index < -0.39 is 0 Å². The summed E-state index contributed by atoms with van der Waals surface area (Å²) in [6.45, 7) is 5.08. The van der Waals surface area contributed by atoms with Crippen LogP contribution < -0.4 is 61.6 Å². The number of fused-ring (bicyclic) bond motifs is 1. The summed E-state index contributed by atoms with van der Waals surface area (Å²) >= 11 is 13.0. The van der Waals surface area contributed by atoms with Gasteiger partial charge in [0, 0.05) is 36.4 Å². The molecule has 1 N–H and O–H groups in total. The van der Waals surface area contributed by atoms with Crippen LogP contribution in [-0.2, 0) is 11.7 Å². The number of benzene rings is 1. The average Bonchev–Trinajstić information content (AvgIpc) is 2.51. The zero-order valence-electron chi connectivity index (χ0n) is 12.1. The van der Waals surface area contributed by atoms with Crippen LogP contribution in [0.25, 0.3) is 10.8 Å². The van der Waals surface area contributed by atoms with E-state index in [-0.39, 0.29) is 51.4 Å². The van der Waals surface area contributed by atoms with Crippen LogP contribution in [0.1, 0.15) is 6.92 Å². The van der Waals surface area contributed by atoms with Crippen molar-refractivity contribution in [2.45, 2.75) is 13.0 Å². The number of nitrogens with one attached hydrogen (secondary N) is 1. The second-order valence-electron chi connectivity index (χ2n) is 4.61. The van der Waals surface area contributed by atoms with Crippen LogP contribution in [0.3, 0.4) is 0 Å². The molecule has 1 aromatic heterocycles. The van der Waals surface area contributed by atoms with E-state index in [2.05, 4.69) is 56.7 Å². The summed E-state index contributed by atoms with van der Waals surface area (Å²) in [6.07, 6.45) is 0. The Kier molecular flexibility index (Phi) is 9.47. The summed E-state index contributed by atoms with van der Waals surface area (Å²) in [5, 5.41) is 14.3. The third-order valence-electron chi connectivity index (χ3n) is 3.40. The molecule has 8 heteroatoms. The Hall–Kier alpha value is 0.946. The molecule has 0 saturated carbocycles. The number of thiol groups is 1. The summed E-state index contributed by atoms with van der Waals surface area (Å²) in [5.41, 5.74) is 0. The largest absolute Gasteiger partial charge is 1.00 e. The summed E-state index contributed by atoms with van der Waals surface area (Å²) in [6, 6.07) is 8.44. The molecule has 1 aliphatic rings. The van der Waals surface area contributed by atoms with Gasteiger partial charge in [-0.15, -0.1) is 10.2 Å². The van der Waals surface area contributed by atoms with Crippen LogP contribution in [0, 0.1) is 0 Å². The van der Waals surface area contributed by atoms with Gasteiger partial charge in [0.05, 0.1) is 0 Å². The van der Waals surface area contributed by atoms with Gasteiger partial charge in [0.25, 0.3) is 0 Å². The Bertz CT molecular complexity index is 587. The first-order valence-corrected chi connectivity index (χ1v) is 8.18. The molecule has 1 atom stereocenters. The monoisotopic (exact) mass is 366 g/mol. The van der Waals surface area contributed by atoms with Crippen molar-refractivity contribution < 1.29 is 51.4 Å². The van der Waals surface area contributed by atoms with Gasteiger partial charge in [-0.25, -0.2) is 0 Å². The van der Waals surface area contributed by atoms with E-state index >= 15 is 0 Å². The minimum atomic E-state index is 0. The number of hydrogen-bond donors (Lipinski definition) is 2. The molecule has 21 heavy (non-hydrogen) atoms. The fourth-order valence-electron chi connectivity index (χ4n) is 2.42. The zero-order chi connectivity index (χ0) is 14.5. The van der Waals surface area contributed by atoms with Crippen molar-refractivity contribution in [3.05, 3.63) is 29.4 Å². The third-order valence-corrected chi connectivity index (χ3v) is 3.68. The van der Waals surface area contributed by atoms with Gasteiger partial charge < -0.3 is 33.5 Å². The van der Waals surface area contributed by atoms with E-state index in [1.807, 2.05) is 18.2 Å². The smallest absolute Gasteiger partial charge is 0.723 e. The minimum Gasteiger partial charge on any atom is -0.723 e. The molecule has 2 aromatic rings. The minimum absolute atomic E-state index is 0. The average molecular weight is 367 g/mol. The van der Waals surface area contributed by atoms with Crippen LogP contribution in [0.2, 0.25) is 5.15 Å². The molecule has 0 spiro atoms.